The number of hydrogen-bond donors (Lipinski definition) is 1. The molecule has 11 heteroatoms. The fourth-order valence-electron chi connectivity index (χ4n) is 3.63. The summed E-state index contributed by atoms with van der Waals surface area (Å²) in [6, 6.07) is 15.0. The summed E-state index contributed by atoms with van der Waals surface area (Å²) < 4.78 is 42.8. The number of carbonyl (C=O) groups excluding carboxylic acids is 2. The number of sulfonamides is 1. The lowest BCUT2D eigenvalue weighted by atomic mass is 10.1. The first-order valence-corrected chi connectivity index (χ1v) is 13.4. The van der Waals surface area contributed by atoms with Crippen molar-refractivity contribution in [2.45, 2.75) is 31.3 Å². The number of rotatable bonds is 9. The predicted octanol–water partition coefficient (Wildman–Crippen LogP) is 4.80. The van der Waals surface area contributed by atoms with Crippen LogP contribution in [-0.4, -0.2) is 44.8 Å². The van der Waals surface area contributed by atoms with E-state index in [1.165, 1.54) is 55.3 Å². The van der Waals surface area contributed by atoms with Gasteiger partial charge in [-0.2, -0.15) is 0 Å². The Balaban J connectivity index is 2.06. The van der Waals surface area contributed by atoms with E-state index in [4.69, 9.17) is 23.2 Å². The summed E-state index contributed by atoms with van der Waals surface area (Å²) >= 11 is 12.3. The number of halogens is 3. The van der Waals surface area contributed by atoms with Crippen molar-refractivity contribution in [3.63, 3.8) is 0 Å². The Labute approximate surface area is 225 Å². The maximum absolute atomic E-state index is 14.9. The van der Waals surface area contributed by atoms with Crippen LogP contribution in [0.15, 0.2) is 71.6 Å². The van der Waals surface area contributed by atoms with Crippen molar-refractivity contribution in [2.24, 2.45) is 0 Å². The molecule has 0 saturated heterocycles. The zero-order valence-corrected chi connectivity index (χ0v) is 22.7. The van der Waals surface area contributed by atoms with E-state index in [1.807, 2.05) is 0 Å². The van der Waals surface area contributed by atoms with Crippen molar-refractivity contribution in [3.8, 4) is 0 Å². The van der Waals surface area contributed by atoms with Crippen LogP contribution in [0.1, 0.15) is 18.1 Å². The molecule has 3 aromatic rings. The highest BCUT2D eigenvalue weighted by atomic mass is 35.5. The first kappa shape index (κ1) is 28.4. The van der Waals surface area contributed by atoms with E-state index in [0.717, 1.165) is 11.6 Å². The molecule has 0 radical (unpaired) electrons. The topological polar surface area (TPSA) is 86.8 Å². The molecule has 7 nitrogen and oxygen atoms in total. The molecule has 0 aliphatic heterocycles. The molecule has 2 amide bonds. The number of benzene rings is 3. The van der Waals surface area contributed by atoms with Gasteiger partial charge in [-0.1, -0.05) is 59.1 Å². The fourth-order valence-corrected chi connectivity index (χ4v) is 5.52. The molecule has 0 unspecified atom stereocenters. The van der Waals surface area contributed by atoms with Gasteiger partial charge in [-0.3, -0.25) is 13.9 Å². The molecule has 0 aliphatic rings. The molecule has 0 heterocycles. The lowest BCUT2D eigenvalue weighted by Crippen LogP contribution is -2.50. The number of likely N-dealkylation sites (N-methyl/N-ethyl adjacent to an activating group) is 1. The largest absolute Gasteiger partial charge is 0.357 e. The Morgan fingerprint density at radius 3 is 2.27 bits per heavy atom. The van der Waals surface area contributed by atoms with Gasteiger partial charge < -0.3 is 10.2 Å². The molecule has 1 atom stereocenters. The van der Waals surface area contributed by atoms with Crippen molar-refractivity contribution in [3.05, 3.63) is 93.7 Å². The van der Waals surface area contributed by atoms with E-state index in [9.17, 15) is 22.4 Å². The van der Waals surface area contributed by atoms with Gasteiger partial charge in [0.05, 0.1) is 10.6 Å². The zero-order valence-electron chi connectivity index (χ0n) is 20.4. The number of aryl methyl sites for hydroxylation is 1. The lowest BCUT2D eigenvalue weighted by Gasteiger charge is -2.32. The molecule has 0 aromatic heterocycles. The standard InChI is InChI=1S/C26H26Cl2FN3O4S/c1-17-8-12-21(13-9-17)37(35,36)32(24-7-5-4-6-23(24)29)16-25(33)31(18(2)26(34)30-3)15-19-10-11-20(27)14-22(19)28/h4-14,18H,15-16H2,1-3H3,(H,30,34)/t18-/m1/s1. The van der Waals surface area contributed by atoms with Gasteiger partial charge in [0.1, 0.15) is 18.4 Å². The van der Waals surface area contributed by atoms with E-state index in [-0.39, 0.29) is 22.2 Å². The van der Waals surface area contributed by atoms with Crippen LogP contribution < -0.4 is 9.62 Å². The Hall–Kier alpha value is -3.14. The van der Waals surface area contributed by atoms with E-state index in [0.29, 0.717) is 14.9 Å². The first-order chi connectivity index (χ1) is 17.4. The van der Waals surface area contributed by atoms with Gasteiger partial charge in [-0.25, -0.2) is 12.8 Å². The van der Waals surface area contributed by atoms with Crippen LogP contribution in [0, 0.1) is 12.7 Å². The quantitative estimate of drug-likeness (QED) is 0.403. The van der Waals surface area contributed by atoms with Crippen molar-refractivity contribution in [1.82, 2.24) is 10.2 Å². The van der Waals surface area contributed by atoms with Gasteiger partial charge in [-0.05, 0) is 55.8 Å². The zero-order chi connectivity index (χ0) is 27.3. The summed E-state index contributed by atoms with van der Waals surface area (Å²) in [6.45, 7) is 2.43. The molecule has 3 aromatic carbocycles. The Bertz CT molecular complexity index is 1400. The average Bonchev–Trinajstić information content (AvgIpc) is 2.86. The maximum atomic E-state index is 14.9. The lowest BCUT2D eigenvalue weighted by molar-refractivity contribution is -0.139. The van der Waals surface area contributed by atoms with Gasteiger partial charge in [-0.15, -0.1) is 0 Å². The van der Waals surface area contributed by atoms with Crippen LogP contribution >= 0.6 is 23.2 Å². The van der Waals surface area contributed by atoms with E-state index >= 15 is 0 Å². The van der Waals surface area contributed by atoms with Gasteiger partial charge in [0.2, 0.25) is 11.8 Å². The third kappa shape index (κ3) is 6.60. The SMILES string of the molecule is CNC(=O)[C@@H](C)N(Cc1ccc(Cl)cc1Cl)C(=O)CN(c1ccccc1F)S(=O)(=O)c1ccc(C)cc1. The van der Waals surface area contributed by atoms with Crippen LogP contribution in [0.3, 0.4) is 0 Å². The minimum atomic E-state index is -4.36. The summed E-state index contributed by atoms with van der Waals surface area (Å²) in [5, 5.41) is 3.15. The third-order valence-electron chi connectivity index (χ3n) is 5.78. The highest BCUT2D eigenvalue weighted by Crippen LogP contribution is 2.28. The summed E-state index contributed by atoms with van der Waals surface area (Å²) in [5.41, 5.74) is 1.03. The molecule has 0 aliphatic carbocycles. The highest BCUT2D eigenvalue weighted by molar-refractivity contribution is 7.92. The molecule has 37 heavy (non-hydrogen) atoms. The molecule has 0 saturated carbocycles. The van der Waals surface area contributed by atoms with Crippen molar-refractivity contribution < 1.29 is 22.4 Å². The number of anilines is 1. The second-order valence-electron chi connectivity index (χ2n) is 8.32. The van der Waals surface area contributed by atoms with E-state index in [2.05, 4.69) is 5.32 Å². The van der Waals surface area contributed by atoms with Crippen LogP contribution in [0.5, 0.6) is 0 Å². The molecule has 196 valence electrons. The minimum absolute atomic E-state index is 0.110. The normalized spacial score (nSPS) is 12.1. The molecule has 0 spiro atoms. The van der Waals surface area contributed by atoms with Crippen LogP contribution in [0.25, 0.3) is 0 Å². The Kier molecular flexibility index (Phi) is 9.17. The van der Waals surface area contributed by atoms with Crippen molar-refractivity contribution >= 4 is 50.7 Å². The maximum Gasteiger partial charge on any atom is 0.264 e. The fraction of sp³-hybridized carbons (Fsp3) is 0.231. The summed E-state index contributed by atoms with van der Waals surface area (Å²) in [4.78, 5) is 27.2. The number of nitrogens with zero attached hydrogens (tertiary/aromatic N) is 2. The third-order valence-corrected chi connectivity index (χ3v) is 8.14. The van der Waals surface area contributed by atoms with Gasteiger partial charge in [0.25, 0.3) is 10.0 Å². The van der Waals surface area contributed by atoms with Crippen LogP contribution in [-0.2, 0) is 26.2 Å². The summed E-state index contributed by atoms with van der Waals surface area (Å²) in [5.74, 6) is -2.03. The van der Waals surface area contributed by atoms with Gasteiger partial charge in [0, 0.05) is 23.6 Å². The Morgan fingerprint density at radius 1 is 1.03 bits per heavy atom. The van der Waals surface area contributed by atoms with Crippen LogP contribution in [0.2, 0.25) is 10.0 Å². The number of nitrogens with one attached hydrogen (secondary N) is 1. The highest BCUT2D eigenvalue weighted by Gasteiger charge is 2.33. The molecule has 0 fully saturated rings. The molecular formula is C26H26Cl2FN3O4S. The molecular weight excluding hydrogens is 540 g/mol. The second kappa shape index (κ2) is 11.9. The number of hydrogen-bond acceptors (Lipinski definition) is 4. The smallest absolute Gasteiger partial charge is 0.264 e. The number of para-hydroxylation sites is 1. The minimum Gasteiger partial charge on any atom is -0.357 e. The van der Waals surface area contributed by atoms with E-state index < -0.39 is 40.2 Å². The van der Waals surface area contributed by atoms with Crippen molar-refractivity contribution in [2.75, 3.05) is 17.9 Å². The van der Waals surface area contributed by atoms with Crippen molar-refractivity contribution in [1.29, 1.82) is 0 Å². The molecule has 1 N–H and O–H groups in total. The van der Waals surface area contributed by atoms with E-state index in [1.54, 1.807) is 31.2 Å². The number of carbonyl (C=O) groups is 2. The Morgan fingerprint density at radius 2 is 1.68 bits per heavy atom. The summed E-state index contributed by atoms with van der Waals surface area (Å²) in [7, 11) is -2.94. The molecule has 3 rings (SSSR count). The molecule has 0 bridgehead atoms. The van der Waals surface area contributed by atoms with Gasteiger partial charge >= 0.3 is 0 Å². The average molecular weight is 566 g/mol. The predicted molar refractivity (Wildman–Crippen MR) is 143 cm³/mol. The second-order valence-corrected chi connectivity index (χ2v) is 11.0. The number of amides is 2. The first-order valence-electron chi connectivity index (χ1n) is 11.2. The van der Waals surface area contributed by atoms with Gasteiger partial charge in [0.15, 0.2) is 0 Å². The summed E-state index contributed by atoms with van der Waals surface area (Å²) in [6.07, 6.45) is 0. The van der Waals surface area contributed by atoms with Crippen LogP contribution in [0.4, 0.5) is 10.1 Å². The monoisotopic (exact) mass is 565 g/mol.